The van der Waals surface area contributed by atoms with E-state index in [1.807, 2.05) is 0 Å². The Hall–Kier alpha value is -1.90. The van der Waals surface area contributed by atoms with Crippen LogP contribution in [0.15, 0.2) is 40.6 Å². The smallest absolute Gasteiger partial charge is 0.269 e. The van der Waals surface area contributed by atoms with Crippen LogP contribution in [-0.4, -0.2) is 26.5 Å². The van der Waals surface area contributed by atoms with Gasteiger partial charge in [-0.15, -0.1) is 11.3 Å². The van der Waals surface area contributed by atoms with Crippen LogP contribution in [0.1, 0.15) is 21.7 Å². The third-order valence-electron chi connectivity index (χ3n) is 3.08. The predicted molar refractivity (Wildman–Crippen MR) is 92.8 cm³/mol. The minimum atomic E-state index is -3.31. The van der Waals surface area contributed by atoms with Crippen LogP contribution < -0.4 is 10.9 Å². The molecule has 128 valence electrons. The van der Waals surface area contributed by atoms with E-state index in [1.54, 1.807) is 11.4 Å². The van der Waals surface area contributed by atoms with Crippen LogP contribution in [0.2, 0.25) is 5.02 Å². The molecule has 0 atom stereocenters. The molecule has 2 aromatic rings. The number of hydrazine groups is 1. The Morgan fingerprint density at radius 2 is 1.83 bits per heavy atom. The van der Waals surface area contributed by atoms with Gasteiger partial charge in [-0.25, -0.2) is 8.42 Å². The molecule has 2 N–H and O–H groups in total. The molecule has 0 spiro atoms. The van der Waals surface area contributed by atoms with E-state index in [4.69, 9.17) is 11.6 Å². The minimum Gasteiger partial charge on any atom is -0.273 e. The second-order valence-corrected chi connectivity index (χ2v) is 8.48. The van der Waals surface area contributed by atoms with E-state index in [-0.39, 0.29) is 22.8 Å². The molecule has 0 bridgehead atoms. The summed E-state index contributed by atoms with van der Waals surface area (Å²) in [5.41, 5.74) is 4.85. The molecule has 1 heterocycles. The first kappa shape index (κ1) is 18.4. The summed E-state index contributed by atoms with van der Waals surface area (Å²) < 4.78 is 22.7. The van der Waals surface area contributed by atoms with Gasteiger partial charge in [0.2, 0.25) is 5.91 Å². The zero-order valence-corrected chi connectivity index (χ0v) is 15.1. The van der Waals surface area contributed by atoms with Crippen molar-refractivity contribution >= 4 is 44.6 Å². The molecule has 2 amide bonds. The number of hydrogen-bond acceptors (Lipinski definition) is 5. The van der Waals surface area contributed by atoms with Crippen molar-refractivity contribution in [2.24, 2.45) is 0 Å². The molecule has 0 saturated carbocycles. The lowest BCUT2D eigenvalue weighted by molar-refractivity contribution is -0.121. The molecular formula is C15H15ClN2O4S2. The largest absolute Gasteiger partial charge is 0.273 e. The third-order valence-corrected chi connectivity index (χ3v) is 5.55. The average molecular weight is 387 g/mol. The maximum absolute atomic E-state index is 11.9. The van der Waals surface area contributed by atoms with Gasteiger partial charge < -0.3 is 0 Å². The second kappa shape index (κ2) is 7.78. The normalized spacial score (nSPS) is 11.1. The number of carbonyl (C=O) groups excluding carboxylic acids is 2. The van der Waals surface area contributed by atoms with Gasteiger partial charge in [-0.2, -0.15) is 0 Å². The summed E-state index contributed by atoms with van der Waals surface area (Å²) >= 11 is 7.27. The average Bonchev–Trinajstić information content (AvgIpc) is 2.95. The standard InChI is InChI=1S/C15H15ClN2O4S2/c1-24(21,22)13-5-2-10(3-6-13)15(20)18-17-14(19)7-4-12-8-11(16)9-23-12/h2-3,5-6,8-9H,4,7H2,1H3,(H,17,19)(H,18,20). The number of aryl methyl sites for hydroxylation is 1. The Morgan fingerprint density at radius 1 is 1.17 bits per heavy atom. The number of benzene rings is 1. The van der Waals surface area contributed by atoms with Gasteiger partial charge in [0.25, 0.3) is 5.91 Å². The summed E-state index contributed by atoms with van der Waals surface area (Å²) in [6, 6.07) is 7.23. The molecular weight excluding hydrogens is 372 g/mol. The van der Waals surface area contributed by atoms with Crippen molar-refractivity contribution < 1.29 is 18.0 Å². The molecule has 0 aliphatic heterocycles. The second-order valence-electron chi connectivity index (χ2n) is 5.03. The highest BCUT2D eigenvalue weighted by Gasteiger charge is 2.11. The predicted octanol–water partition coefficient (Wildman–Crippen LogP) is 2.20. The minimum absolute atomic E-state index is 0.123. The zero-order chi connectivity index (χ0) is 17.7. The molecule has 0 radical (unpaired) electrons. The van der Waals surface area contributed by atoms with Crippen LogP contribution in [0.5, 0.6) is 0 Å². The number of sulfone groups is 1. The van der Waals surface area contributed by atoms with E-state index in [0.717, 1.165) is 11.1 Å². The van der Waals surface area contributed by atoms with E-state index in [0.29, 0.717) is 11.4 Å². The Bertz CT molecular complexity index is 845. The quantitative estimate of drug-likeness (QED) is 0.770. The number of nitrogens with one attached hydrogen (secondary N) is 2. The lowest BCUT2D eigenvalue weighted by Gasteiger charge is -2.07. The molecule has 9 heteroatoms. The molecule has 0 unspecified atom stereocenters. The fourth-order valence-electron chi connectivity index (χ4n) is 1.84. The number of amides is 2. The molecule has 6 nitrogen and oxygen atoms in total. The van der Waals surface area contributed by atoms with Crippen LogP contribution in [0.4, 0.5) is 0 Å². The number of halogens is 1. The van der Waals surface area contributed by atoms with Gasteiger partial charge in [-0.1, -0.05) is 11.6 Å². The number of thiophene rings is 1. The van der Waals surface area contributed by atoms with Gasteiger partial charge in [0.1, 0.15) is 0 Å². The van der Waals surface area contributed by atoms with Crippen LogP contribution in [0.25, 0.3) is 0 Å². The van der Waals surface area contributed by atoms with E-state index in [9.17, 15) is 18.0 Å². The van der Waals surface area contributed by atoms with Crippen molar-refractivity contribution in [1.82, 2.24) is 10.9 Å². The van der Waals surface area contributed by atoms with Crippen molar-refractivity contribution in [2.45, 2.75) is 17.7 Å². The van der Waals surface area contributed by atoms with Gasteiger partial charge >= 0.3 is 0 Å². The summed E-state index contributed by atoms with van der Waals surface area (Å²) in [7, 11) is -3.31. The molecule has 0 aliphatic carbocycles. The van der Waals surface area contributed by atoms with Gasteiger partial charge in [-0.3, -0.25) is 20.4 Å². The molecule has 0 saturated heterocycles. The summed E-state index contributed by atoms with van der Waals surface area (Å²) in [5, 5.41) is 2.43. The molecule has 1 aromatic heterocycles. The van der Waals surface area contributed by atoms with E-state index < -0.39 is 15.7 Å². The van der Waals surface area contributed by atoms with Crippen molar-refractivity contribution in [3.8, 4) is 0 Å². The third kappa shape index (κ3) is 5.33. The molecule has 1 aromatic carbocycles. The first-order chi connectivity index (χ1) is 11.3. The highest BCUT2D eigenvalue weighted by Crippen LogP contribution is 2.20. The highest BCUT2D eigenvalue weighted by molar-refractivity contribution is 7.90. The van der Waals surface area contributed by atoms with Crippen molar-refractivity contribution in [1.29, 1.82) is 0 Å². The van der Waals surface area contributed by atoms with Crippen LogP contribution >= 0.6 is 22.9 Å². The Labute approximate surface area is 148 Å². The van der Waals surface area contributed by atoms with Crippen LogP contribution in [0.3, 0.4) is 0 Å². The highest BCUT2D eigenvalue weighted by atomic mass is 35.5. The van der Waals surface area contributed by atoms with Gasteiger partial charge in [0.05, 0.1) is 9.92 Å². The van der Waals surface area contributed by atoms with Crippen LogP contribution in [-0.2, 0) is 21.1 Å². The fourth-order valence-corrected chi connectivity index (χ4v) is 3.54. The lowest BCUT2D eigenvalue weighted by atomic mass is 10.2. The number of carbonyl (C=O) groups is 2. The van der Waals surface area contributed by atoms with Crippen LogP contribution in [0, 0.1) is 0 Å². The monoisotopic (exact) mass is 386 g/mol. The van der Waals surface area contributed by atoms with Crippen molar-refractivity contribution in [3.63, 3.8) is 0 Å². The summed E-state index contributed by atoms with van der Waals surface area (Å²) in [4.78, 5) is 24.7. The Kier molecular flexibility index (Phi) is 5.98. The number of hydrogen-bond donors (Lipinski definition) is 2. The zero-order valence-electron chi connectivity index (χ0n) is 12.7. The fraction of sp³-hybridized carbons (Fsp3) is 0.200. The first-order valence-corrected chi connectivity index (χ1v) is 10.0. The van der Waals surface area contributed by atoms with Crippen molar-refractivity contribution in [3.05, 3.63) is 51.2 Å². The van der Waals surface area contributed by atoms with Gasteiger partial charge in [0.15, 0.2) is 9.84 Å². The van der Waals surface area contributed by atoms with E-state index in [1.165, 1.54) is 35.6 Å². The maximum atomic E-state index is 11.9. The SMILES string of the molecule is CS(=O)(=O)c1ccc(C(=O)NNC(=O)CCc2cc(Cl)cs2)cc1. The molecule has 0 fully saturated rings. The molecule has 0 aliphatic rings. The van der Waals surface area contributed by atoms with E-state index in [2.05, 4.69) is 10.9 Å². The Balaban J connectivity index is 1.82. The summed E-state index contributed by atoms with van der Waals surface area (Å²) in [6.07, 6.45) is 1.83. The first-order valence-electron chi connectivity index (χ1n) is 6.88. The topological polar surface area (TPSA) is 92.3 Å². The molecule has 24 heavy (non-hydrogen) atoms. The number of rotatable bonds is 5. The van der Waals surface area contributed by atoms with Gasteiger partial charge in [0, 0.05) is 28.5 Å². The Morgan fingerprint density at radius 3 is 2.38 bits per heavy atom. The lowest BCUT2D eigenvalue weighted by Crippen LogP contribution is -2.41. The molecule has 2 rings (SSSR count). The summed E-state index contributed by atoms with van der Waals surface area (Å²) in [6.45, 7) is 0. The van der Waals surface area contributed by atoms with Crippen molar-refractivity contribution in [2.75, 3.05) is 6.26 Å². The van der Waals surface area contributed by atoms with E-state index >= 15 is 0 Å². The van der Waals surface area contributed by atoms with Gasteiger partial charge in [-0.05, 0) is 36.8 Å². The maximum Gasteiger partial charge on any atom is 0.269 e. The summed E-state index contributed by atoms with van der Waals surface area (Å²) in [5.74, 6) is -0.858.